The van der Waals surface area contributed by atoms with Crippen molar-refractivity contribution in [3.8, 4) is 0 Å². The average molecular weight is 171 g/mol. The predicted molar refractivity (Wildman–Crippen MR) is 44.9 cm³/mol. The molecule has 1 atom stereocenters. The van der Waals surface area contributed by atoms with Gasteiger partial charge < -0.3 is 4.55 Å². The highest BCUT2D eigenvalue weighted by atomic mass is 32.2. The molecule has 1 aliphatic heterocycles. The third-order valence-electron chi connectivity index (χ3n) is 1.36. The first kappa shape index (κ1) is 8.49. The summed E-state index contributed by atoms with van der Waals surface area (Å²) in [5.41, 5.74) is 0. The highest BCUT2D eigenvalue weighted by Gasteiger charge is 2.29. The van der Waals surface area contributed by atoms with Crippen LogP contribution in [-0.4, -0.2) is 21.4 Å². The van der Waals surface area contributed by atoms with E-state index < -0.39 is 15.9 Å². The third kappa shape index (κ3) is 1.91. The lowest BCUT2D eigenvalue weighted by Gasteiger charge is -2.19. The van der Waals surface area contributed by atoms with Crippen LogP contribution < -0.4 is 0 Å². The van der Waals surface area contributed by atoms with Crippen LogP contribution in [0.2, 0.25) is 0 Å². The van der Waals surface area contributed by atoms with Crippen molar-refractivity contribution in [2.45, 2.75) is 18.6 Å². The van der Waals surface area contributed by atoms with Gasteiger partial charge in [0.2, 0.25) is 0 Å². The molecule has 0 aromatic rings. The van der Waals surface area contributed by atoms with Gasteiger partial charge >= 0.3 is 0 Å². The molecule has 0 aliphatic carbocycles. The van der Waals surface area contributed by atoms with Crippen molar-refractivity contribution in [2.75, 3.05) is 0 Å². The SMILES string of the molecule is CC1(C)C=NC(=O)C=C[S+]1[O-]. The highest BCUT2D eigenvalue weighted by Crippen LogP contribution is 2.17. The smallest absolute Gasteiger partial charge is 0.273 e. The van der Waals surface area contributed by atoms with Gasteiger partial charge in [-0.1, -0.05) is 0 Å². The Balaban J connectivity index is 2.95. The Kier molecular flexibility index (Phi) is 2.15. The normalized spacial score (nSPS) is 28.6. The zero-order valence-electron chi connectivity index (χ0n) is 6.40. The highest BCUT2D eigenvalue weighted by molar-refractivity contribution is 7.96. The fourth-order valence-electron chi connectivity index (χ4n) is 0.609. The molecule has 11 heavy (non-hydrogen) atoms. The third-order valence-corrected chi connectivity index (χ3v) is 2.88. The largest absolute Gasteiger partial charge is 0.611 e. The zero-order chi connectivity index (χ0) is 8.48. The maximum atomic E-state index is 11.3. The second kappa shape index (κ2) is 2.79. The first-order chi connectivity index (χ1) is 5.02. The molecule has 0 fully saturated rings. The number of hydrogen-bond acceptors (Lipinski definition) is 2. The number of rotatable bonds is 0. The van der Waals surface area contributed by atoms with E-state index >= 15 is 0 Å². The van der Waals surface area contributed by atoms with E-state index in [4.69, 9.17) is 0 Å². The van der Waals surface area contributed by atoms with Crippen molar-refractivity contribution in [2.24, 2.45) is 4.99 Å². The minimum absolute atomic E-state index is 0.344. The molecule has 3 nitrogen and oxygen atoms in total. The van der Waals surface area contributed by atoms with Crippen molar-refractivity contribution < 1.29 is 9.35 Å². The van der Waals surface area contributed by atoms with E-state index in [0.717, 1.165) is 0 Å². The summed E-state index contributed by atoms with van der Waals surface area (Å²) in [6.07, 6.45) is 2.67. The van der Waals surface area contributed by atoms with Crippen molar-refractivity contribution in [3.63, 3.8) is 0 Å². The van der Waals surface area contributed by atoms with Crippen LogP contribution in [0, 0.1) is 0 Å². The number of hydrogen-bond donors (Lipinski definition) is 0. The van der Waals surface area contributed by atoms with Gasteiger partial charge in [-0.2, -0.15) is 0 Å². The molecule has 1 aliphatic rings. The Morgan fingerprint density at radius 2 is 2.27 bits per heavy atom. The molecule has 1 heterocycles. The topological polar surface area (TPSA) is 52.5 Å². The minimum Gasteiger partial charge on any atom is -0.611 e. The Labute approximate surface area is 68.4 Å². The number of nitrogens with zero attached hydrogens (tertiary/aromatic N) is 1. The van der Waals surface area contributed by atoms with Gasteiger partial charge in [0.15, 0.2) is 4.75 Å². The van der Waals surface area contributed by atoms with E-state index in [9.17, 15) is 9.35 Å². The van der Waals surface area contributed by atoms with E-state index in [-0.39, 0.29) is 5.91 Å². The number of aliphatic imine (C=N–C) groups is 1. The van der Waals surface area contributed by atoms with Gasteiger partial charge in [-0.3, -0.25) is 4.79 Å². The van der Waals surface area contributed by atoms with Crippen molar-refractivity contribution >= 4 is 23.3 Å². The predicted octanol–water partition coefficient (Wildman–Crippen LogP) is 0.638. The van der Waals surface area contributed by atoms with Crippen LogP contribution in [0.4, 0.5) is 0 Å². The van der Waals surface area contributed by atoms with Crippen molar-refractivity contribution in [1.29, 1.82) is 0 Å². The molecule has 0 saturated carbocycles. The molecule has 4 heteroatoms. The van der Waals surface area contributed by atoms with E-state index in [1.54, 1.807) is 13.8 Å². The van der Waals surface area contributed by atoms with Gasteiger partial charge in [-0.25, -0.2) is 4.99 Å². The first-order valence-electron chi connectivity index (χ1n) is 3.20. The fourth-order valence-corrected chi connectivity index (χ4v) is 1.36. The van der Waals surface area contributed by atoms with Gasteiger partial charge in [0.1, 0.15) is 5.41 Å². The Bertz CT molecular complexity index is 233. The number of amides is 1. The summed E-state index contributed by atoms with van der Waals surface area (Å²) in [6.45, 7) is 3.55. The average Bonchev–Trinajstić information content (AvgIpc) is 2.03. The lowest BCUT2D eigenvalue weighted by atomic mass is 10.2. The molecule has 0 bridgehead atoms. The molecule has 60 valence electrons. The van der Waals surface area contributed by atoms with E-state index in [0.29, 0.717) is 0 Å². The second-order valence-electron chi connectivity index (χ2n) is 2.80. The van der Waals surface area contributed by atoms with Gasteiger partial charge in [-0.05, 0) is 25.0 Å². The molecular weight excluding hydrogens is 162 g/mol. The molecule has 0 aromatic heterocycles. The quantitative estimate of drug-likeness (QED) is 0.502. The molecule has 0 saturated heterocycles. The Morgan fingerprint density at radius 1 is 1.64 bits per heavy atom. The molecule has 0 spiro atoms. The summed E-state index contributed by atoms with van der Waals surface area (Å²) in [5, 5.41) is 1.38. The van der Waals surface area contributed by atoms with Crippen LogP contribution in [0.1, 0.15) is 13.8 Å². The summed E-state index contributed by atoms with van der Waals surface area (Å²) >= 11 is -1.14. The maximum Gasteiger partial charge on any atom is 0.273 e. The van der Waals surface area contributed by atoms with Crippen LogP contribution in [0.3, 0.4) is 0 Å². The van der Waals surface area contributed by atoms with Crippen LogP contribution in [0.25, 0.3) is 0 Å². The van der Waals surface area contributed by atoms with Gasteiger partial charge in [0, 0.05) is 0 Å². The van der Waals surface area contributed by atoms with Crippen LogP contribution in [0.5, 0.6) is 0 Å². The molecule has 1 unspecified atom stereocenters. The molecule has 1 amide bonds. The van der Waals surface area contributed by atoms with Gasteiger partial charge in [0.25, 0.3) is 5.91 Å². The molecule has 0 radical (unpaired) electrons. The monoisotopic (exact) mass is 171 g/mol. The van der Waals surface area contributed by atoms with E-state index in [2.05, 4.69) is 4.99 Å². The second-order valence-corrected chi connectivity index (χ2v) is 4.72. The number of carbonyl (C=O) groups is 1. The standard InChI is InChI=1S/C7H9NO2S/c1-7(2)5-8-6(9)3-4-11(7)10/h3-5H,1-2H3. The summed E-state index contributed by atoms with van der Waals surface area (Å²) in [6, 6.07) is 0. The van der Waals surface area contributed by atoms with E-state index in [1.807, 2.05) is 0 Å². The minimum atomic E-state index is -1.14. The zero-order valence-corrected chi connectivity index (χ0v) is 7.22. The fraction of sp³-hybridized carbons (Fsp3) is 0.429. The summed E-state index contributed by atoms with van der Waals surface area (Å²) in [7, 11) is 0. The molecular formula is C7H9NO2S. The first-order valence-corrected chi connectivity index (χ1v) is 4.42. The Hall–Kier alpha value is -0.610. The van der Waals surface area contributed by atoms with Crippen molar-refractivity contribution in [1.82, 2.24) is 0 Å². The van der Waals surface area contributed by atoms with Crippen LogP contribution in [0.15, 0.2) is 16.5 Å². The number of carbonyl (C=O) groups excluding carboxylic acids is 1. The van der Waals surface area contributed by atoms with Crippen LogP contribution >= 0.6 is 0 Å². The Morgan fingerprint density at radius 3 is 2.91 bits per heavy atom. The molecule has 0 aromatic carbocycles. The summed E-state index contributed by atoms with van der Waals surface area (Å²) in [5.74, 6) is -0.344. The maximum absolute atomic E-state index is 11.3. The summed E-state index contributed by atoms with van der Waals surface area (Å²) < 4.78 is 10.7. The van der Waals surface area contributed by atoms with Gasteiger partial charge in [-0.15, -0.1) is 0 Å². The lowest BCUT2D eigenvalue weighted by molar-refractivity contribution is -0.113. The summed E-state index contributed by atoms with van der Waals surface area (Å²) in [4.78, 5) is 14.3. The van der Waals surface area contributed by atoms with Crippen LogP contribution in [-0.2, 0) is 16.0 Å². The molecule has 0 N–H and O–H groups in total. The van der Waals surface area contributed by atoms with E-state index in [1.165, 1.54) is 17.7 Å². The molecule has 1 rings (SSSR count). The lowest BCUT2D eigenvalue weighted by Crippen LogP contribution is -2.31. The van der Waals surface area contributed by atoms with Gasteiger partial charge in [0.05, 0.1) is 12.3 Å². The van der Waals surface area contributed by atoms with Crippen molar-refractivity contribution in [3.05, 3.63) is 11.5 Å².